The van der Waals surface area contributed by atoms with Crippen LogP contribution < -0.4 is 15.0 Å². The van der Waals surface area contributed by atoms with Gasteiger partial charge >= 0.3 is 6.09 Å². The van der Waals surface area contributed by atoms with E-state index in [0.29, 0.717) is 68.6 Å². The molecule has 50 heavy (non-hydrogen) atoms. The number of ether oxygens (including phenoxy) is 2. The Bertz CT molecular complexity index is 1620. The van der Waals surface area contributed by atoms with Crippen LogP contribution in [0, 0.1) is 18.8 Å². The number of amides is 2. The van der Waals surface area contributed by atoms with Crippen LogP contribution in [0.25, 0.3) is 11.3 Å². The Hall–Kier alpha value is -3.99. The third-order valence-electron chi connectivity index (χ3n) is 11.3. The van der Waals surface area contributed by atoms with Crippen LogP contribution in [0.2, 0.25) is 0 Å². The van der Waals surface area contributed by atoms with Crippen molar-refractivity contribution in [2.75, 3.05) is 18.6 Å². The number of anilines is 1. The number of carbonyl (C=O) groups is 2. The molecule has 0 spiro atoms. The fourth-order valence-corrected chi connectivity index (χ4v) is 8.09. The van der Waals surface area contributed by atoms with Gasteiger partial charge in [-0.3, -0.25) is 14.7 Å². The number of aryl methyl sites for hydroxylation is 1. The molecule has 4 fully saturated rings. The number of hydrogen-bond donors (Lipinski definition) is 2. The van der Waals surface area contributed by atoms with Crippen LogP contribution in [-0.2, 0) is 9.53 Å². The monoisotopic (exact) mass is 685 g/mol. The number of pyridine rings is 2. The minimum absolute atomic E-state index is 0.0461. The standard InChI is InChI=1S/C39H51N5O6/c1-24-35(48-2)18-17-33(41-24)26-5-3-25(4-6-26)22-44(36-21-29(19-20-40-36)34-23-49-37(43-34)27-7-8-27)38(46)28-9-15-32(16-10-28)50-39(47)42-30-11-13-31(45)14-12-30/h17-21,23,25-28,30-32,45H,3-16,22H2,1-2H3,(H,42,47). The van der Waals surface area contributed by atoms with Gasteiger partial charge in [-0.15, -0.1) is 0 Å². The Balaban J connectivity index is 1.01. The average molecular weight is 686 g/mol. The van der Waals surface area contributed by atoms with Crippen LogP contribution in [0.5, 0.6) is 5.75 Å². The van der Waals surface area contributed by atoms with Gasteiger partial charge < -0.3 is 24.3 Å². The average Bonchev–Trinajstić information content (AvgIpc) is 3.87. The zero-order valence-electron chi connectivity index (χ0n) is 29.4. The second kappa shape index (κ2) is 15.5. The number of oxazole rings is 1. The highest BCUT2D eigenvalue weighted by Crippen LogP contribution is 2.41. The van der Waals surface area contributed by atoms with Crippen molar-refractivity contribution in [1.82, 2.24) is 20.3 Å². The first kappa shape index (κ1) is 34.5. The smallest absolute Gasteiger partial charge is 0.407 e. The van der Waals surface area contributed by atoms with Crippen LogP contribution in [0.4, 0.5) is 10.6 Å². The molecule has 268 valence electrons. The summed E-state index contributed by atoms with van der Waals surface area (Å²) < 4.78 is 17.0. The molecule has 0 unspecified atom stereocenters. The molecule has 11 nitrogen and oxygen atoms in total. The molecule has 3 aromatic rings. The van der Waals surface area contributed by atoms with Crippen molar-refractivity contribution in [3.8, 4) is 17.0 Å². The van der Waals surface area contributed by atoms with Gasteiger partial charge in [0, 0.05) is 47.8 Å². The third-order valence-corrected chi connectivity index (χ3v) is 11.3. The molecule has 0 radical (unpaired) electrons. The summed E-state index contributed by atoms with van der Waals surface area (Å²) in [4.78, 5) is 43.3. The minimum atomic E-state index is -0.392. The number of methoxy groups -OCH3 is 1. The fourth-order valence-electron chi connectivity index (χ4n) is 8.09. The van der Waals surface area contributed by atoms with E-state index in [1.54, 1.807) is 19.6 Å². The number of aliphatic hydroxyl groups excluding tert-OH is 1. The quantitative estimate of drug-likeness (QED) is 0.226. The van der Waals surface area contributed by atoms with Crippen molar-refractivity contribution in [1.29, 1.82) is 0 Å². The lowest BCUT2D eigenvalue weighted by Crippen LogP contribution is -2.43. The number of carbonyl (C=O) groups excluding carboxylic acids is 2. The van der Waals surface area contributed by atoms with Crippen molar-refractivity contribution >= 4 is 17.8 Å². The largest absolute Gasteiger partial charge is 0.495 e. The normalized spacial score (nSPS) is 26.9. The second-order valence-electron chi connectivity index (χ2n) is 15.0. The Labute approximate surface area is 294 Å². The van der Waals surface area contributed by atoms with Gasteiger partial charge in [0.15, 0.2) is 5.89 Å². The summed E-state index contributed by atoms with van der Waals surface area (Å²) in [6.45, 7) is 2.60. The van der Waals surface area contributed by atoms with Gasteiger partial charge in [-0.25, -0.2) is 14.8 Å². The summed E-state index contributed by atoms with van der Waals surface area (Å²) in [6, 6.07) is 8.06. The first-order valence-corrected chi connectivity index (χ1v) is 18.7. The van der Waals surface area contributed by atoms with Gasteiger partial charge in [0.25, 0.3) is 0 Å². The maximum atomic E-state index is 14.4. The van der Waals surface area contributed by atoms with E-state index in [-0.39, 0.29) is 30.1 Å². The molecular formula is C39H51N5O6. The van der Waals surface area contributed by atoms with Crippen molar-refractivity contribution in [3.05, 3.63) is 54.0 Å². The van der Waals surface area contributed by atoms with Crippen molar-refractivity contribution < 1.29 is 28.6 Å². The molecule has 4 aliphatic carbocycles. The van der Waals surface area contributed by atoms with E-state index < -0.39 is 6.09 Å². The first-order chi connectivity index (χ1) is 24.3. The number of rotatable bonds is 10. The van der Waals surface area contributed by atoms with E-state index in [4.69, 9.17) is 28.8 Å². The summed E-state index contributed by atoms with van der Waals surface area (Å²) in [5, 5.41) is 12.7. The molecule has 4 aliphatic rings. The number of nitrogens with one attached hydrogen (secondary N) is 1. The minimum Gasteiger partial charge on any atom is -0.495 e. The number of alkyl carbamates (subject to hydrolysis) is 1. The summed E-state index contributed by atoms with van der Waals surface area (Å²) in [5.41, 5.74) is 3.69. The lowest BCUT2D eigenvalue weighted by Gasteiger charge is -2.35. The maximum Gasteiger partial charge on any atom is 0.407 e. The molecule has 4 saturated carbocycles. The Morgan fingerprint density at radius 1 is 0.920 bits per heavy atom. The number of nitrogens with zero attached hydrogens (tertiary/aromatic N) is 4. The third kappa shape index (κ3) is 8.30. The molecule has 0 aromatic carbocycles. The first-order valence-electron chi connectivity index (χ1n) is 18.7. The maximum absolute atomic E-state index is 14.4. The Morgan fingerprint density at radius 3 is 2.36 bits per heavy atom. The predicted molar refractivity (Wildman–Crippen MR) is 188 cm³/mol. The zero-order valence-corrected chi connectivity index (χ0v) is 29.4. The van der Waals surface area contributed by atoms with Gasteiger partial charge in [-0.2, -0.15) is 0 Å². The lowest BCUT2D eigenvalue weighted by molar-refractivity contribution is -0.124. The molecule has 0 bridgehead atoms. The van der Waals surface area contributed by atoms with E-state index in [1.165, 1.54) is 0 Å². The van der Waals surface area contributed by atoms with Crippen LogP contribution in [0.1, 0.15) is 119 Å². The fraction of sp³-hybridized carbons (Fsp3) is 0.615. The van der Waals surface area contributed by atoms with Gasteiger partial charge in [0.1, 0.15) is 29.6 Å². The van der Waals surface area contributed by atoms with Crippen molar-refractivity contribution in [3.63, 3.8) is 0 Å². The predicted octanol–water partition coefficient (Wildman–Crippen LogP) is 7.22. The van der Waals surface area contributed by atoms with Crippen LogP contribution in [-0.4, -0.2) is 64.0 Å². The van der Waals surface area contributed by atoms with E-state index in [9.17, 15) is 14.7 Å². The Morgan fingerprint density at radius 2 is 1.66 bits per heavy atom. The summed E-state index contributed by atoms with van der Waals surface area (Å²) in [5.74, 6) is 3.32. The van der Waals surface area contributed by atoms with Crippen molar-refractivity contribution in [2.24, 2.45) is 11.8 Å². The number of aromatic nitrogens is 3. The number of aliphatic hydroxyl groups is 1. The molecule has 2 amide bonds. The highest BCUT2D eigenvalue weighted by molar-refractivity contribution is 5.94. The van der Waals surface area contributed by atoms with E-state index in [2.05, 4.69) is 11.4 Å². The summed E-state index contributed by atoms with van der Waals surface area (Å²) in [7, 11) is 1.67. The highest BCUT2D eigenvalue weighted by atomic mass is 16.6. The molecule has 0 saturated heterocycles. The Kier molecular flexibility index (Phi) is 10.7. The van der Waals surface area contributed by atoms with Crippen LogP contribution >= 0.6 is 0 Å². The van der Waals surface area contributed by atoms with E-state index in [0.717, 1.165) is 85.7 Å². The molecule has 11 heteroatoms. The molecule has 2 N–H and O–H groups in total. The van der Waals surface area contributed by atoms with Gasteiger partial charge in [-0.05, 0) is 127 Å². The SMILES string of the molecule is COc1ccc(C2CCC(CN(C(=O)C3CCC(OC(=O)NC4CCC(O)CC4)CC3)c3cc(-c4coc(C5CC5)n4)ccn3)CC2)nc1C. The van der Waals surface area contributed by atoms with Crippen molar-refractivity contribution in [2.45, 2.75) is 127 Å². The number of hydrogen-bond acceptors (Lipinski definition) is 9. The lowest BCUT2D eigenvalue weighted by atomic mass is 9.79. The van der Waals surface area contributed by atoms with Gasteiger partial charge in [0.2, 0.25) is 5.91 Å². The van der Waals surface area contributed by atoms with Crippen LogP contribution in [0.15, 0.2) is 41.1 Å². The van der Waals surface area contributed by atoms with E-state index in [1.807, 2.05) is 30.0 Å². The topological polar surface area (TPSA) is 140 Å². The summed E-state index contributed by atoms with van der Waals surface area (Å²) in [6.07, 6.45) is 14.4. The highest BCUT2D eigenvalue weighted by Gasteiger charge is 2.35. The molecule has 3 heterocycles. The summed E-state index contributed by atoms with van der Waals surface area (Å²) >= 11 is 0. The molecular weight excluding hydrogens is 634 g/mol. The zero-order chi connectivity index (χ0) is 34.6. The molecule has 3 aromatic heterocycles. The molecule has 7 rings (SSSR count). The second-order valence-corrected chi connectivity index (χ2v) is 15.0. The van der Waals surface area contributed by atoms with Gasteiger partial charge in [0.05, 0.1) is 18.9 Å². The molecule has 0 atom stereocenters. The van der Waals surface area contributed by atoms with Crippen LogP contribution in [0.3, 0.4) is 0 Å². The van der Waals surface area contributed by atoms with E-state index >= 15 is 0 Å². The molecule has 0 aliphatic heterocycles. The van der Waals surface area contributed by atoms with Gasteiger partial charge in [-0.1, -0.05) is 0 Å².